The van der Waals surface area contributed by atoms with E-state index in [9.17, 15) is 8.42 Å². The van der Waals surface area contributed by atoms with E-state index in [1.807, 2.05) is 6.07 Å². The van der Waals surface area contributed by atoms with Crippen LogP contribution in [0.4, 0.5) is 0 Å². The number of rotatable bonds is 6. The first-order chi connectivity index (χ1) is 14.5. The van der Waals surface area contributed by atoms with E-state index in [0.29, 0.717) is 41.2 Å². The summed E-state index contributed by atoms with van der Waals surface area (Å²) in [7, 11) is -0.418. The number of aromatic nitrogens is 2. The van der Waals surface area contributed by atoms with Gasteiger partial charge in [0.2, 0.25) is 21.7 Å². The molecule has 0 aliphatic carbocycles. The van der Waals surface area contributed by atoms with Gasteiger partial charge >= 0.3 is 0 Å². The van der Waals surface area contributed by atoms with E-state index >= 15 is 0 Å². The lowest BCUT2D eigenvalue weighted by atomic mass is 10.00. The third-order valence-corrected chi connectivity index (χ3v) is 7.08. The van der Waals surface area contributed by atoms with Gasteiger partial charge in [-0.05, 0) is 43.2 Å². The van der Waals surface area contributed by atoms with Crippen LogP contribution in [-0.2, 0) is 10.0 Å². The molecule has 0 saturated carbocycles. The molecule has 2 heterocycles. The van der Waals surface area contributed by atoms with Crippen molar-refractivity contribution < 1.29 is 22.4 Å². The molecular formula is C21H23N3O5S. The van der Waals surface area contributed by atoms with Crippen molar-refractivity contribution in [3.05, 3.63) is 54.4 Å². The highest BCUT2D eigenvalue weighted by Crippen LogP contribution is 2.33. The maximum absolute atomic E-state index is 13.0. The molecule has 1 aliphatic rings. The Morgan fingerprint density at radius 2 is 1.83 bits per heavy atom. The number of nitrogens with zero attached hydrogens (tertiary/aromatic N) is 3. The summed E-state index contributed by atoms with van der Waals surface area (Å²) in [5.74, 6) is 1.89. The van der Waals surface area contributed by atoms with E-state index in [1.54, 1.807) is 56.7 Å². The monoisotopic (exact) mass is 429 g/mol. The maximum Gasteiger partial charge on any atom is 0.243 e. The standard InChI is InChI=1S/C21H23N3O5S/c1-27-18-11-10-15(13-19(18)28-2)20-22-21(29-23-20)16-7-6-12-24(14-16)30(25,26)17-8-4-3-5-9-17/h3-5,8-11,13,16H,6-7,12,14H2,1-2H3/t16-/m0/s1. The quantitative estimate of drug-likeness (QED) is 0.593. The van der Waals surface area contributed by atoms with E-state index in [0.717, 1.165) is 18.4 Å². The van der Waals surface area contributed by atoms with Crippen LogP contribution in [0, 0.1) is 0 Å². The number of methoxy groups -OCH3 is 2. The number of hydrogen-bond acceptors (Lipinski definition) is 7. The number of benzene rings is 2. The Kier molecular flexibility index (Phi) is 5.74. The zero-order chi connectivity index (χ0) is 21.1. The molecule has 2 aromatic carbocycles. The highest BCUT2D eigenvalue weighted by molar-refractivity contribution is 7.89. The van der Waals surface area contributed by atoms with Crippen molar-refractivity contribution in [2.45, 2.75) is 23.7 Å². The van der Waals surface area contributed by atoms with Gasteiger partial charge in [0.1, 0.15) is 0 Å². The van der Waals surface area contributed by atoms with Crippen molar-refractivity contribution in [1.82, 2.24) is 14.4 Å². The van der Waals surface area contributed by atoms with Gasteiger partial charge in [0.05, 0.1) is 25.0 Å². The summed E-state index contributed by atoms with van der Waals surface area (Å²) in [4.78, 5) is 4.82. The van der Waals surface area contributed by atoms with E-state index in [1.165, 1.54) is 4.31 Å². The molecule has 9 heteroatoms. The van der Waals surface area contributed by atoms with E-state index in [-0.39, 0.29) is 5.92 Å². The Balaban J connectivity index is 1.55. The molecule has 0 bridgehead atoms. The molecule has 4 rings (SSSR count). The average Bonchev–Trinajstić information content (AvgIpc) is 3.29. The molecule has 1 aromatic heterocycles. The van der Waals surface area contributed by atoms with Gasteiger partial charge in [-0.1, -0.05) is 23.4 Å². The van der Waals surface area contributed by atoms with Crippen molar-refractivity contribution >= 4 is 10.0 Å². The Labute approximate surface area is 175 Å². The lowest BCUT2D eigenvalue weighted by Crippen LogP contribution is -2.39. The summed E-state index contributed by atoms with van der Waals surface area (Å²) in [6.07, 6.45) is 1.51. The molecule has 8 nitrogen and oxygen atoms in total. The van der Waals surface area contributed by atoms with Gasteiger partial charge in [-0.2, -0.15) is 9.29 Å². The maximum atomic E-state index is 13.0. The molecule has 1 fully saturated rings. The topological polar surface area (TPSA) is 94.8 Å². The van der Waals surface area contributed by atoms with Crippen LogP contribution in [0.3, 0.4) is 0 Å². The van der Waals surface area contributed by atoms with Crippen LogP contribution in [0.2, 0.25) is 0 Å². The van der Waals surface area contributed by atoms with Gasteiger partial charge in [-0.3, -0.25) is 0 Å². The molecule has 1 atom stereocenters. The summed E-state index contributed by atoms with van der Waals surface area (Å²) in [5, 5.41) is 4.09. The Morgan fingerprint density at radius 3 is 2.57 bits per heavy atom. The highest BCUT2D eigenvalue weighted by atomic mass is 32.2. The molecule has 0 spiro atoms. The number of piperidine rings is 1. The van der Waals surface area contributed by atoms with Crippen LogP contribution >= 0.6 is 0 Å². The molecule has 30 heavy (non-hydrogen) atoms. The summed E-state index contributed by atoms with van der Waals surface area (Å²) >= 11 is 0. The Bertz CT molecular complexity index is 1110. The predicted molar refractivity (Wildman–Crippen MR) is 110 cm³/mol. The summed E-state index contributed by atoms with van der Waals surface area (Å²) in [6.45, 7) is 0.787. The minimum Gasteiger partial charge on any atom is -0.493 e. The van der Waals surface area contributed by atoms with E-state index in [4.69, 9.17) is 14.0 Å². The number of ether oxygens (including phenoxy) is 2. The third-order valence-electron chi connectivity index (χ3n) is 5.20. The van der Waals surface area contributed by atoms with Crippen molar-refractivity contribution in [2.75, 3.05) is 27.3 Å². The van der Waals surface area contributed by atoms with Crippen molar-refractivity contribution in [1.29, 1.82) is 0 Å². The molecule has 158 valence electrons. The van der Waals surface area contributed by atoms with Crippen molar-refractivity contribution in [2.24, 2.45) is 0 Å². The second kappa shape index (κ2) is 8.45. The zero-order valence-corrected chi connectivity index (χ0v) is 17.6. The average molecular weight is 429 g/mol. The molecular weight excluding hydrogens is 406 g/mol. The molecule has 1 saturated heterocycles. The second-order valence-corrected chi connectivity index (χ2v) is 8.98. The predicted octanol–water partition coefficient (Wildman–Crippen LogP) is 3.32. The molecule has 0 N–H and O–H groups in total. The van der Waals surface area contributed by atoms with Gasteiger partial charge < -0.3 is 14.0 Å². The van der Waals surface area contributed by atoms with E-state index in [2.05, 4.69) is 10.1 Å². The van der Waals surface area contributed by atoms with Gasteiger partial charge in [0.15, 0.2) is 11.5 Å². The molecule has 3 aromatic rings. The van der Waals surface area contributed by atoms with Gasteiger partial charge in [-0.15, -0.1) is 0 Å². The fourth-order valence-corrected chi connectivity index (χ4v) is 5.14. The fourth-order valence-electron chi connectivity index (χ4n) is 3.60. The molecule has 1 aliphatic heterocycles. The third kappa shape index (κ3) is 3.90. The Morgan fingerprint density at radius 1 is 1.07 bits per heavy atom. The largest absolute Gasteiger partial charge is 0.493 e. The first kappa shape index (κ1) is 20.4. The van der Waals surface area contributed by atoms with Gasteiger partial charge in [0, 0.05) is 18.7 Å². The van der Waals surface area contributed by atoms with E-state index < -0.39 is 10.0 Å². The SMILES string of the molecule is COc1ccc(-c2noc([C@H]3CCCN(S(=O)(=O)c4ccccc4)C3)n2)cc1OC. The van der Waals surface area contributed by atoms with Crippen LogP contribution in [0.5, 0.6) is 11.5 Å². The fraction of sp³-hybridized carbons (Fsp3) is 0.333. The minimum absolute atomic E-state index is 0.154. The van der Waals surface area contributed by atoms with Crippen LogP contribution in [0.15, 0.2) is 57.9 Å². The van der Waals surface area contributed by atoms with Crippen LogP contribution in [0.1, 0.15) is 24.7 Å². The smallest absolute Gasteiger partial charge is 0.243 e. The number of hydrogen-bond donors (Lipinski definition) is 0. The van der Waals surface area contributed by atoms with Crippen LogP contribution in [0.25, 0.3) is 11.4 Å². The van der Waals surface area contributed by atoms with Crippen LogP contribution in [-0.4, -0.2) is 50.2 Å². The summed E-state index contributed by atoms with van der Waals surface area (Å²) < 4.78 is 43.5. The van der Waals surface area contributed by atoms with Crippen LogP contribution < -0.4 is 9.47 Å². The normalized spacial score (nSPS) is 17.6. The highest BCUT2D eigenvalue weighted by Gasteiger charge is 2.33. The molecule has 0 radical (unpaired) electrons. The molecule has 0 unspecified atom stereocenters. The Hall–Kier alpha value is -2.91. The molecule has 0 amide bonds. The van der Waals surface area contributed by atoms with Crippen molar-refractivity contribution in [3.8, 4) is 22.9 Å². The second-order valence-electron chi connectivity index (χ2n) is 7.04. The lowest BCUT2D eigenvalue weighted by Gasteiger charge is -2.30. The summed E-state index contributed by atoms with van der Waals surface area (Å²) in [6, 6.07) is 13.8. The zero-order valence-electron chi connectivity index (χ0n) is 16.8. The lowest BCUT2D eigenvalue weighted by molar-refractivity contribution is 0.265. The van der Waals surface area contributed by atoms with Crippen molar-refractivity contribution in [3.63, 3.8) is 0 Å². The summed E-state index contributed by atoms with van der Waals surface area (Å²) in [5.41, 5.74) is 0.729. The van der Waals surface area contributed by atoms with Gasteiger partial charge in [-0.25, -0.2) is 8.42 Å². The first-order valence-electron chi connectivity index (χ1n) is 9.64. The minimum atomic E-state index is -3.55. The van der Waals surface area contributed by atoms with Gasteiger partial charge in [0.25, 0.3) is 0 Å². The number of sulfonamides is 1. The first-order valence-corrected chi connectivity index (χ1v) is 11.1.